The minimum atomic E-state index is -3.22. The summed E-state index contributed by atoms with van der Waals surface area (Å²) in [6.07, 6.45) is 3.85. The molecule has 6 nitrogen and oxygen atoms in total. The van der Waals surface area contributed by atoms with Crippen LogP contribution in [0.3, 0.4) is 0 Å². The second kappa shape index (κ2) is 7.72. The zero-order chi connectivity index (χ0) is 18.9. The average molecular weight is 380 g/mol. The van der Waals surface area contributed by atoms with Crippen LogP contribution in [0.5, 0.6) is 0 Å². The van der Waals surface area contributed by atoms with Gasteiger partial charge in [0.25, 0.3) is 0 Å². The Morgan fingerprint density at radius 1 is 1.42 bits per heavy atom. The molecule has 142 valence electrons. The molecule has 1 saturated heterocycles. The van der Waals surface area contributed by atoms with E-state index in [-0.39, 0.29) is 24.8 Å². The van der Waals surface area contributed by atoms with Crippen LogP contribution in [-0.4, -0.2) is 42.8 Å². The van der Waals surface area contributed by atoms with Crippen LogP contribution >= 0.6 is 0 Å². The molecule has 1 aromatic rings. The van der Waals surface area contributed by atoms with E-state index in [1.54, 1.807) is 6.07 Å². The molecule has 26 heavy (non-hydrogen) atoms. The van der Waals surface area contributed by atoms with Crippen molar-refractivity contribution in [3.63, 3.8) is 0 Å². The monoisotopic (exact) mass is 380 g/mol. The fraction of sp³-hybridized carbons (Fsp3) is 0.556. The Hall–Kier alpha value is -1.35. The predicted molar refractivity (Wildman–Crippen MR) is 100 cm³/mol. The molecule has 0 aliphatic carbocycles. The molecule has 0 aromatic carbocycles. The lowest BCUT2D eigenvalue weighted by Crippen LogP contribution is -2.41. The topological polar surface area (TPSA) is 97.0 Å². The summed E-state index contributed by atoms with van der Waals surface area (Å²) in [4.78, 5) is 0. The molecule has 0 spiro atoms. The maximum atomic E-state index is 12.3. The fourth-order valence-corrected chi connectivity index (χ4v) is 6.03. The van der Waals surface area contributed by atoms with Gasteiger partial charge in [-0.1, -0.05) is 18.1 Å². The number of furan rings is 1. The number of sulfone groups is 1. The number of hydrogen-bond acceptors (Lipinski definition) is 6. The smallest absolute Gasteiger partial charge is 0.456 e. The van der Waals surface area contributed by atoms with E-state index in [1.807, 2.05) is 26.0 Å². The highest BCUT2D eigenvalue weighted by Gasteiger charge is 2.47. The summed E-state index contributed by atoms with van der Waals surface area (Å²) >= 11 is 0. The van der Waals surface area contributed by atoms with Crippen LogP contribution < -0.4 is 0 Å². The normalized spacial score (nSPS) is 25.7. The standard InChI is InChI=1S/C18H25BO6S/c1-3-13(8-14-5-6-15(10-20)24-14)4-7-16-18-12(2)11-26(22,23)17(18)9-19(21)25-16/h5-6,8,16-17,20-21H,3-4,7,9-11H2,1-2H3/b13-8+/t16-,17+/m1/s1. The highest BCUT2D eigenvalue weighted by molar-refractivity contribution is 7.92. The van der Waals surface area contributed by atoms with Crippen LogP contribution in [-0.2, 0) is 21.1 Å². The first-order valence-corrected chi connectivity index (χ1v) is 10.7. The van der Waals surface area contributed by atoms with Crippen molar-refractivity contribution in [2.24, 2.45) is 0 Å². The second-order valence-corrected chi connectivity index (χ2v) is 9.19. The highest BCUT2D eigenvalue weighted by atomic mass is 32.2. The maximum Gasteiger partial charge on any atom is 0.456 e. The minimum absolute atomic E-state index is 0.0619. The number of aliphatic hydroxyl groups is 1. The van der Waals surface area contributed by atoms with E-state index in [0.29, 0.717) is 24.4 Å². The van der Waals surface area contributed by atoms with E-state index < -0.39 is 22.2 Å². The Kier molecular flexibility index (Phi) is 5.77. The summed E-state index contributed by atoms with van der Waals surface area (Å²) in [5.41, 5.74) is 2.84. The second-order valence-electron chi connectivity index (χ2n) is 7.00. The summed E-state index contributed by atoms with van der Waals surface area (Å²) < 4.78 is 35.8. The molecule has 2 N–H and O–H groups in total. The summed E-state index contributed by atoms with van der Waals surface area (Å²) in [7, 11) is -4.26. The number of aliphatic hydroxyl groups excluding tert-OH is 1. The Morgan fingerprint density at radius 3 is 2.85 bits per heavy atom. The minimum Gasteiger partial charge on any atom is -0.459 e. The van der Waals surface area contributed by atoms with Crippen LogP contribution in [0.1, 0.15) is 44.6 Å². The summed E-state index contributed by atoms with van der Waals surface area (Å²) in [5.74, 6) is 1.27. The lowest BCUT2D eigenvalue weighted by Gasteiger charge is -2.31. The van der Waals surface area contributed by atoms with Crippen LogP contribution in [0.4, 0.5) is 0 Å². The molecule has 0 amide bonds. The van der Waals surface area contributed by atoms with Gasteiger partial charge in [0.1, 0.15) is 18.1 Å². The van der Waals surface area contributed by atoms with Gasteiger partial charge in [-0.05, 0) is 50.0 Å². The molecule has 0 bridgehead atoms. The van der Waals surface area contributed by atoms with Gasteiger partial charge in [-0.15, -0.1) is 0 Å². The van der Waals surface area contributed by atoms with Crippen molar-refractivity contribution in [1.29, 1.82) is 0 Å². The molecule has 1 aromatic heterocycles. The third-order valence-corrected chi connectivity index (χ3v) is 7.29. The van der Waals surface area contributed by atoms with Gasteiger partial charge in [0, 0.05) is 6.32 Å². The molecule has 2 aliphatic rings. The highest BCUT2D eigenvalue weighted by Crippen LogP contribution is 2.39. The van der Waals surface area contributed by atoms with Gasteiger partial charge in [0.15, 0.2) is 9.84 Å². The molecule has 2 aliphatic heterocycles. The third kappa shape index (κ3) is 3.98. The zero-order valence-corrected chi connectivity index (χ0v) is 16.0. The first-order valence-electron chi connectivity index (χ1n) is 8.97. The van der Waals surface area contributed by atoms with E-state index >= 15 is 0 Å². The van der Waals surface area contributed by atoms with E-state index in [2.05, 4.69) is 0 Å². The Labute approximate surface area is 154 Å². The molecule has 1 fully saturated rings. The molecule has 2 atom stereocenters. The molecule has 0 unspecified atom stereocenters. The largest absolute Gasteiger partial charge is 0.459 e. The van der Waals surface area contributed by atoms with Gasteiger partial charge >= 0.3 is 7.12 Å². The summed E-state index contributed by atoms with van der Waals surface area (Å²) in [6.45, 7) is 3.76. The van der Waals surface area contributed by atoms with E-state index in [4.69, 9.17) is 14.2 Å². The van der Waals surface area contributed by atoms with Crippen molar-refractivity contribution in [1.82, 2.24) is 0 Å². The van der Waals surface area contributed by atoms with Crippen molar-refractivity contribution in [2.75, 3.05) is 5.75 Å². The van der Waals surface area contributed by atoms with Crippen molar-refractivity contribution < 1.29 is 27.6 Å². The summed E-state index contributed by atoms with van der Waals surface area (Å²) in [5, 5.41) is 18.4. The molecular weight excluding hydrogens is 355 g/mol. The van der Waals surface area contributed by atoms with Crippen LogP contribution in [0.15, 0.2) is 33.3 Å². The SMILES string of the molecule is CC/C(=C\c1ccc(CO)o1)CC[C@H]1OB(O)C[C@H]2C1=C(C)CS2(=O)=O. The van der Waals surface area contributed by atoms with Crippen molar-refractivity contribution in [3.8, 4) is 0 Å². The lowest BCUT2D eigenvalue weighted by atomic mass is 9.74. The van der Waals surface area contributed by atoms with Gasteiger partial charge < -0.3 is 19.2 Å². The molecule has 3 heterocycles. The first kappa shape index (κ1) is 19.4. The quantitative estimate of drug-likeness (QED) is 0.581. The molecular formula is C18H25BO6S. The van der Waals surface area contributed by atoms with Gasteiger partial charge in [-0.25, -0.2) is 8.42 Å². The van der Waals surface area contributed by atoms with Crippen molar-refractivity contribution in [2.45, 2.75) is 57.4 Å². The van der Waals surface area contributed by atoms with Crippen LogP contribution in [0.2, 0.25) is 6.32 Å². The Morgan fingerprint density at radius 2 is 2.19 bits per heavy atom. The third-order valence-electron chi connectivity index (χ3n) is 5.14. The van der Waals surface area contributed by atoms with Gasteiger partial charge in [-0.3, -0.25) is 0 Å². The molecule has 0 saturated carbocycles. The number of fused-ring (bicyclic) bond motifs is 1. The first-order chi connectivity index (χ1) is 12.3. The molecule has 3 rings (SSSR count). The average Bonchev–Trinajstić information content (AvgIpc) is 3.13. The number of rotatable bonds is 6. The van der Waals surface area contributed by atoms with Gasteiger partial charge in [0.05, 0.1) is 17.1 Å². The van der Waals surface area contributed by atoms with Gasteiger partial charge in [-0.2, -0.15) is 0 Å². The number of hydrogen-bond donors (Lipinski definition) is 2. The molecule has 8 heteroatoms. The van der Waals surface area contributed by atoms with Gasteiger partial charge in [0.2, 0.25) is 0 Å². The molecule has 0 radical (unpaired) electrons. The van der Waals surface area contributed by atoms with Crippen LogP contribution in [0.25, 0.3) is 6.08 Å². The van der Waals surface area contributed by atoms with E-state index in [1.165, 1.54) is 0 Å². The lowest BCUT2D eigenvalue weighted by molar-refractivity contribution is 0.169. The number of allylic oxidation sites excluding steroid dienone is 1. The van der Waals surface area contributed by atoms with Crippen molar-refractivity contribution in [3.05, 3.63) is 40.4 Å². The van der Waals surface area contributed by atoms with E-state index in [0.717, 1.165) is 23.1 Å². The summed E-state index contributed by atoms with van der Waals surface area (Å²) in [6, 6.07) is 3.55. The van der Waals surface area contributed by atoms with Crippen LogP contribution in [0, 0.1) is 0 Å². The fourth-order valence-electron chi connectivity index (χ4n) is 3.86. The van der Waals surface area contributed by atoms with Crippen molar-refractivity contribution >= 4 is 23.0 Å². The Balaban J connectivity index is 1.73. The zero-order valence-electron chi connectivity index (χ0n) is 15.1. The maximum absolute atomic E-state index is 12.3. The predicted octanol–water partition coefficient (Wildman–Crippen LogP) is 2.34. The van der Waals surface area contributed by atoms with E-state index in [9.17, 15) is 13.4 Å². The Bertz CT molecular complexity index is 822.